The number of aliphatic hydroxyl groups is 1. The van der Waals surface area contributed by atoms with Gasteiger partial charge in [0.15, 0.2) is 0 Å². The lowest BCUT2D eigenvalue weighted by atomic mass is 10.1. The molecule has 0 bridgehead atoms. The van der Waals surface area contributed by atoms with Crippen molar-refractivity contribution in [2.45, 2.75) is 25.2 Å². The van der Waals surface area contributed by atoms with E-state index in [0.29, 0.717) is 29.9 Å². The van der Waals surface area contributed by atoms with E-state index in [4.69, 9.17) is 9.47 Å². The van der Waals surface area contributed by atoms with Crippen LogP contribution >= 0.6 is 0 Å². The molecule has 132 valence electrons. The van der Waals surface area contributed by atoms with Crippen molar-refractivity contribution in [2.24, 2.45) is 0 Å². The van der Waals surface area contributed by atoms with Gasteiger partial charge in [0.1, 0.15) is 18.2 Å². The molecule has 0 spiro atoms. The number of hydrogen-bond acceptors (Lipinski definition) is 4. The highest BCUT2D eigenvalue weighted by molar-refractivity contribution is 5.94. The fraction of sp³-hybridized carbons (Fsp3) is 0.316. The van der Waals surface area contributed by atoms with Gasteiger partial charge in [-0.1, -0.05) is 18.2 Å². The van der Waals surface area contributed by atoms with Crippen LogP contribution in [0.3, 0.4) is 0 Å². The Balaban J connectivity index is 1.61. The first kappa shape index (κ1) is 17.4. The summed E-state index contributed by atoms with van der Waals surface area (Å²) in [5.41, 5.74) is 1.15. The lowest BCUT2D eigenvalue weighted by molar-refractivity contribution is -0.0260. The van der Waals surface area contributed by atoms with Gasteiger partial charge in [-0.05, 0) is 42.3 Å². The van der Waals surface area contributed by atoms with Gasteiger partial charge in [-0.2, -0.15) is 0 Å². The number of amides is 1. The maximum absolute atomic E-state index is 13.2. The Labute approximate surface area is 145 Å². The second-order valence-corrected chi connectivity index (χ2v) is 5.96. The second-order valence-electron chi connectivity index (χ2n) is 5.96. The van der Waals surface area contributed by atoms with E-state index in [1.165, 1.54) is 12.1 Å². The summed E-state index contributed by atoms with van der Waals surface area (Å²) in [5.74, 6) is -0.0733. The zero-order valence-electron chi connectivity index (χ0n) is 13.7. The minimum absolute atomic E-state index is 0.210. The third-order valence-corrected chi connectivity index (χ3v) is 4.03. The van der Waals surface area contributed by atoms with Crippen molar-refractivity contribution in [1.82, 2.24) is 5.32 Å². The van der Waals surface area contributed by atoms with Crippen LogP contribution in [-0.2, 0) is 11.3 Å². The van der Waals surface area contributed by atoms with Crippen LogP contribution < -0.4 is 10.1 Å². The van der Waals surface area contributed by atoms with E-state index in [0.717, 1.165) is 0 Å². The van der Waals surface area contributed by atoms with Crippen LogP contribution in [0.25, 0.3) is 0 Å². The van der Waals surface area contributed by atoms with Gasteiger partial charge in [0, 0.05) is 12.2 Å². The van der Waals surface area contributed by atoms with Crippen LogP contribution in [0.5, 0.6) is 5.75 Å². The Morgan fingerprint density at radius 1 is 1.28 bits per heavy atom. The minimum atomic E-state index is -0.704. The molecule has 0 unspecified atom stereocenters. The van der Waals surface area contributed by atoms with Gasteiger partial charge < -0.3 is 19.9 Å². The van der Waals surface area contributed by atoms with Crippen LogP contribution in [0.1, 0.15) is 22.3 Å². The van der Waals surface area contributed by atoms with Crippen molar-refractivity contribution in [2.75, 3.05) is 13.2 Å². The molecule has 25 heavy (non-hydrogen) atoms. The van der Waals surface area contributed by atoms with Crippen LogP contribution in [0.2, 0.25) is 0 Å². The molecule has 3 rings (SSSR count). The van der Waals surface area contributed by atoms with Crippen molar-refractivity contribution in [3.8, 4) is 5.75 Å². The molecule has 1 amide bonds. The van der Waals surface area contributed by atoms with E-state index in [2.05, 4.69) is 5.32 Å². The molecule has 1 aliphatic rings. The van der Waals surface area contributed by atoms with Crippen molar-refractivity contribution in [3.63, 3.8) is 0 Å². The van der Waals surface area contributed by atoms with Gasteiger partial charge in [0.2, 0.25) is 0 Å². The standard InChI is InChI=1S/C19H20FNO4/c20-15-5-1-3-13(9-15)11-25-16-6-2-4-14(10-16)19(23)21-17-7-8-24-12-18(17)22/h1-6,9-10,17-18,22H,7-8,11-12H2,(H,21,23)/t17-,18-/m1/s1. The number of carbonyl (C=O) groups excluding carboxylic acids is 1. The average Bonchev–Trinajstić information content (AvgIpc) is 2.62. The van der Waals surface area contributed by atoms with Crippen LogP contribution in [0, 0.1) is 5.82 Å². The Kier molecular flexibility index (Phi) is 5.63. The summed E-state index contributed by atoms with van der Waals surface area (Å²) in [6.45, 7) is 0.946. The van der Waals surface area contributed by atoms with Gasteiger partial charge in [-0.25, -0.2) is 4.39 Å². The fourth-order valence-corrected chi connectivity index (χ4v) is 2.66. The number of nitrogens with one attached hydrogen (secondary N) is 1. The molecule has 5 nitrogen and oxygen atoms in total. The lowest BCUT2D eigenvalue weighted by Gasteiger charge is -2.28. The molecule has 0 radical (unpaired) electrons. The third kappa shape index (κ3) is 4.78. The maximum atomic E-state index is 13.2. The van der Waals surface area contributed by atoms with Crippen molar-refractivity contribution in [3.05, 3.63) is 65.5 Å². The number of rotatable bonds is 5. The molecule has 1 aliphatic heterocycles. The molecule has 2 atom stereocenters. The van der Waals surface area contributed by atoms with E-state index in [1.54, 1.807) is 36.4 Å². The Morgan fingerprint density at radius 3 is 2.92 bits per heavy atom. The second kappa shape index (κ2) is 8.09. The zero-order valence-corrected chi connectivity index (χ0v) is 13.7. The molecule has 0 saturated carbocycles. The summed E-state index contributed by atoms with van der Waals surface area (Å²) in [5, 5.41) is 12.7. The molecular weight excluding hydrogens is 325 g/mol. The van der Waals surface area contributed by atoms with Crippen LogP contribution in [0.15, 0.2) is 48.5 Å². The van der Waals surface area contributed by atoms with Crippen molar-refractivity contribution >= 4 is 5.91 Å². The van der Waals surface area contributed by atoms with E-state index in [-0.39, 0.29) is 31.0 Å². The quantitative estimate of drug-likeness (QED) is 0.872. The third-order valence-electron chi connectivity index (χ3n) is 4.03. The summed E-state index contributed by atoms with van der Waals surface area (Å²) in [6.07, 6.45) is -0.132. The predicted molar refractivity (Wildman–Crippen MR) is 89.9 cm³/mol. The number of hydrogen-bond donors (Lipinski definition) is 2. The summed E-state index contributed by atoms with van der Waals surface area (Å²) >= 11 is 0. The molecule has 0 aliphatic carbocycles. The molecule has 2 aromatic rings. The average molecular weight is 345 g/mol. The van der Waals surface area contributed by atoms with Gasteiger partial charge in [0.05, 0.1) is 18.8 Å². The molecule has 1 heterocycles. The molecular formula is C19H20FNO4. The number of aliphatic hydroxyl groups excluding tert-OH is 1. The molecule has 2 N–H and O–H groups in total. The largest absolute Gasteiger partial charge is 0.489 e. The van der Waals surface area contributed by atoms with Crippen LogP contribution in [-0.4, -0.2) is 36.4 Å². The summed E-state index contributed by atoms with van der Waals surface area (Å²) < 4.78 is 24.0. The highest BCUT2D eigenvalue weighted by Crippen LogP contribution is 2.17. The number of carbonyl (C=O) groups is 1. The highest BCUT2D eigenvalue weighted by atomic mass is 19.1. The number of benzene rings is 2. The first-order valence-electron chi connectivity index (χ1n) is 8.16. The molecule has 1 saturated heterocycles. The molecule has 1 fully saturated rings. The highest BCUT2D eigenvalue weighted by Gasteiger charge is 2.25. The smallest absolute Gasteiger partial charge is 0.251 e. The minimum Gasteiger partial charge on any atom is -0.489 e. The van der Waals surface area contributed by atoms with Gasteiger partial charge in [-0.3, -0.25) is 4.79 Å². The maximum Gasteiger partial charge on any atom is 0.251 e. The van der Waals surface area contributed by atoms with E-state index in [9.17, 15) is 14.3 Å². The van der Waals surface area contributed by atoms with Crippen molar-refractivity contribution in [1.29, 1.82) is 0 Å². The summed E-state index contributed by atoms with van der Waals surface area (Å²) in [4.78, 5) is 12.4. The normalized spacial score (nSPS) is 20.1. The van der Waals surface area contributed by atoms with Gasteiger partial charge >= 0.3 is 0 Å². The molecule has 6 heteroatoms. The van der Waals surface area contributed by atoms with Crippen molar-refractivity contribution < 1.29 is 23.8 Å². The van der Waals surface area contributed by atoms with Gasteiger partial charge in [0.25, 0.3) is 5.91 Å². The summed E-state index contributed by atoms with van der Waals surface area (Å²) in [6, 6.07) is 12.6. The Morgan fingerprint density at radius 2 is 2.12 bits per heavy atom. The number of ether oxygens (including phenoxy) is 2. The Bertz CT molecular complexity index is 737. The SMILES string of the molecule is O=C(N[C@@H]1CCOC[C@H]1O)c1cccc(OCc2cccc(F)c2)c1. The fourth-order valence-electron chi connectivity index (χ4n) is 2.66. The monoisotopic (exact) mass is 345 g/mol. The Hall–Kier alpha value is -2.44. The zero-order chi connectivity index (χ0) is 17.6. The van der Waals surface area contributed by atoms with E-state index in [1.807, 2.05) is 0 Å². The number of halogens is 1. The van der Waals surface area contributed by atoms with E-state index < -0.39 is 6.10 Å². The van der Waals surface area contributed by atoms with Crippen LogP contribution in [0.4, 0.5) is 4.39 Å². The summed E-state index contributed by atoms with van der Waals surface area (Å²) in [7, 11) is 0. The van der Waals surface area contributed by atoms with Gasteiger partial charge in [-0.15, -0.1) is 0 Å². The predicted octanol–water partition coefficient (Wildman–Crippen LogP) is 2.28. The first-order chi connectivity index (χ1) is 12.1. The first-order valence-corrected chi connectivity index (χ1v) is 8.16. The lowest BCUT2D eigenvalue weighted by Crippen LogP contribution is -2.48. The molecule has 2 aromatic carbocycles. The van der Waals surface area contributed by atoms with E-state index >= 15 is 0 Å². The topological polar surface area (TPSA) is 67.8 Å². The molecule has 0 aromatic heterocycles.